The van der Waals surface area contributed by atoms with Crippen molar-refractivity contribution < 1.29 is 14.3 Å². The molecule has 0 spiro atoms. The van der Waals surface area contributed by atoms with E-state index in [1.54, 1.807) is 0 Å². The molecule has 4 nitrogen and oxygen atoms in total. The van der Waals surface area contributed by atoms with Gasteiger partial charge in [0.25, 0.3) is 0 Å². The predicted molar refractivity (Wildman–Crippen MR) is 79.1 cm³/mol. The molecule has 4 heteroatoms. The summed E-state index contributed by atoms with van der Waals surface area (Å²) >= 11 is 0. The molecule has 0 heterocycles. The molecule has 1 amide bonds. The SMILES string of the molecule is CCOC(=O)C1CC(NC(=O)CC(C)(C)C)CC1CC. The number of nitrogens with one attached hydrogen (secondary N) is 1. The van der Waals surface area contributed by atoms with Gasteiger partial charge in [0.2, 0.25) is 5.91 Å². The third-order valence-electron chi connectivity index (χ3n) is 3.86. The van der Waals surface area contributed by atoms with Gasteiger partial charge in [-0.25, -0.2) is 0 Å². The van der Waals surface area contributed by atoms with Gasteiger partial charge >= 0.3 is 5.97 Å². The molecule has 1 N–H and O–H groups in total. The van der Waals surface area contributed by atoms with E-state index in [4.69, 9.17) is 4.74 Å². The number of hydrogen-bond acceptors (Lipinski definition) is 3. The van der Waals surface area contributed by atoms with Crippen LogP contribution >= 0.6 is 0 Å². The van der Waals surface area contributed by atoms with Crippen LogP contribution in [0.5, 0.6) is 0 Å². The number of carbonyl (C=O) groups is 2. The number of rotatable bonds is 5. The van der Waals surface area contributed by atoms with Gasteiger partial charge in [-0.15, -0.1) is 0 Å². The summed E-state index contributed by atoms with van der Waals surface area (Å²) in [5, 5.41) is 3.08. The Bertz CT molecular complexity index is 346. The van der Waals surface area contributed by atoms with Gasteiger partial charge in [0.15, 0.2) is 0 Å². The molecule has 0 radical (unpaired) electrons. The highest BCUT2D eigenvalue weighted by atomic mass is 16.5. The van der Waals surface area contributed by atoms with Crippen LogP contribution in [-0.2, 0) is 14.3 Å². The summed E-state index contributed by atoms with van der Waals surface area (Å²) in [6.07, 6.45) is 3.07. The summed E-state index contributed by atoms with van der Waals surface area (Å²) in [7, 11) is 0. The summed E-state index contributed by atoms with van der Waals surface area (Å²) in [5.74, 6) is 0.252. The van der Waals surface area contributed by atoms with Gasteiger partial charge < -0.3 is 10.1 Å². The molecule has 0 aromatic rings. The van der Waals surface area contributed by atoms with Crippen molar-refractivity contribution in [1.29, 1.82) is 0 Å². The second-order valence-corrected chi connectivity index (χ2v) is 7.00. The lowest BCUT2D eigenvalue weighted by atomic mass is 9.92. The minimum absolute atomic E-state index is 0.00656. The Morgan fingerprint density at radius 2 is 1.85 bits per heavy atom. The van der Waals surface area contributed by atoms with Crippen LogP contribution in [0.4, 0.5) is 0 Å². The van der Waals surface area contributed by atoms with Gasteiger partial charge in [-0.1, -0.05) is 34.1 Å². The highest BCUT2D eigenvalue weighted by Gasteiger charge is 2.39. The highest BCUT2D eigenvalue weighted by Crippen LogP contribution is 2.35. The monoisotopic (exact) mass is 283 g/mol. The molecule has 3 atom stereocenters. The highest BCUT2D eigenvalue weighted by molar-refractivity contribution is 5.77. The molecule has 116 valence electrons. The van der Waals surface area contributed by atoms with E-state index in [2.05, 4.69) is 33.0 Å². The normalized spacial score (nSPS) is 26.4. The molecule has 0 saturated heterocycles. The minimum Gasteiger partial charge on any atom is -0.466 e. The van der Waals surface area contributed by atoms with Crippen LogP contribution in [0.3, 0.4) is 0 Å². The first-order valence-electron chi connectivity index (χ1n) is 7.72. The van der Waals surface area contributed by atoms with E-state index in [9.17, 15) is 9.59 Å². The molecule has 0 bridgehead atoms. The van der Waals surface area contributed by atoms with Gasteiger partial charge in [0.05, 0.1) is 12.5 Å². The lowest BCUT2D eigenvalue weighted by Gasteiger charge is -2.19. The Hall–Kier alpha value is -1.06. The Labute approximate surface area is 122 Å². The molecule has 0 aromatic carbocycles. The smallest absolute Gasteiger partial charge is 0.309 e. The maximum atomic E-state index is 12.0. The minimum atomic E-state index is -0.105. The Morgan fingerprint density at radius 3 is 2.35 bits per heavy atom. The van der Waals surface area contributed by atoms with E-state index in [0.29, 0.717) is 25.4 Å². The predicted octanol–water partition coefficient (Wildman–Crippen LogP) is 2.91. The molecule has 1 saturated carbocycles. The molecule has 1 rings (SSSR count). The van der Waals surface area contributed by atoms with Gasteiger partial charge in [-0.05, 0) is 31.1 Å². The molecular weight excluding hydrogens is 254 g/mol. The molecular formula is C16H29NO3. The Kier molecular flexibility index (Phi) is 6.03. The fourth-order valence-electron chi connectivity index (χ4n) is 2.99. The van der Waals surface area contributed by atoms with Gasteiger partial charge in [0, 0.05) is 12.5 Å². The second-order valence-electron chi connectivity index (χ2n) is 7.00. The first kappa shape index (κ1) is 17.0. The Morgan fingerprint density at radius 1 is 1.20 bits per heavy atom. The van der Waals surface area contributed by atoms with Crippen molar-refractivity contribution in [2.24, 2.45) is 17.3 Å². The standard InChI is InChI=1S/C16H29NO3/c1-6-11-8-12(9-13(11)15(19)20-7-2)17-14(18)10-16(3,4)5/h11-13H,6-10H2,1-5H3,(H,17,18). The Balaban J connectivity index is 2.54. The van der Waals surface area contributed by atoms with Crippen LogP contribution in [0.2, 0.25) is 0 Å². The van der Waals surface area contributed by atoms with Crippen LogP contribution in [-0.4, -0.2) is 24.5 Å². The van der Waals surface area contributed by atoms with Crippen LogP contribution in [0, 0.1) is 17.3 Å². The van der Waals surface area contributed by atoms with E-state index in [0.717, 1.165) is 12.8 Å². The van der Waals surface area contributed by atoms with E-state index < -0.39 is 0 Å². The van der Waals surface area contributed by atoms with E-state index >= 15 is 0 Å². The zero-order chi connectivity index (χ0) is 15.3. The first-order valence-corrected chi connectivity index (χ1v) is 7.72. The fourth-order valence-corrected chi connectivity index (χ4v) is 2.99. The lowest BCUT2D eigenvalue weighted by Crippen LogP contribution is -2.35. The largest absolute Gasteiger partial charge is 0.466 e. The summed E-state index contributed by atoms with van der Waals surface area (Å²) < 4.78 is 5.14. The summed E-state index contributed by atoms with van der Waals surface area (Å²) in [6.45, 7) is 10.5. The van der Waals surface area contributed by atoms with E-state index in [-0.39, 0.29) is 29.3 Å². The number of hydrogen-bond donors (Lipinski definition) is 1. The van der Waals surface area contributed by atoms with Crippen molar-refractivity contribution in [3.05, 3.63) is 0 Å². The zero-order valence-corrected chi connectivity index (χ0v) is 13.5. The molecule has 3 unspecified atom stereocenters. The van der Waals surface area contributed by atoms with Crippen LogP contribution in [0.1, 0.15) is 60.3 Å². The number of ether oxygens (including phenoxy) is 1. The molecule has 1 fully saturated rings. The quantitative estimate of drug-likeness (QED) is 0.789. The van der Waals surface area contributed by atoms with Crippen molar-refractivity contribution >= 4 is 11.9 Å². The van der Waals surface area contributed by atoms with Crippen molar-refractivity contribution in [3.63, 3.8) is 0 Å². The summed E-state index contributed by atoms with van der Waals surface area (Å²) in [4.78, 5) is 23.9. The number of esters is 1. The number of carbonyl (C=O) groups excluding carboxylic acids is 2. The second kappa shape index (κ2) is 7.09. The summed E-state index contributed by atoms with van der Waals surface area (Å²) in [5.41, 5.74) is -0.00656. The van der Waals surface area contributed by atoms with Crippen LogP contribution in [0.15, 0.2) is 0 Å². The van der Waals surface area contributed by atoms with Crippen LogP contribution in [0.25, 0.3) is 0 Å². The third-order valence-corrected chi connectivity index (χ3v) is 3.86. The zero-order valence-electron chi connectivity index (χ0n) is 13.5. The van der Waals surface area contributed by atoms with Crippen LogP contribution < -0.4 is 5.32 Å². The van der Waals surface area contributed by atoms with Crippen molar-refractivity contribution in [1.82, 2.24) is 5.32 Å². The van der Waals surface area contributed by atoms with Crippen molar-refractivity contribution in [3.8, 4) is 0 Å². The van der Waals surface area contributed by atoms with Gasteiger partial charge in [0.1, 0.15) is 0 Å². The maximum absolute atomic E-state index is 12.0. The van der Waals surface area contributed by atoms with Crippen molar-refractivity contribution in [2.75, 3.05) is 6.61 Å². The molecule has 0 aliphatic heterocycles. The van der Waals surface area contributed by atoms with Gasteiger partial charge in [-0.2, -0.15) is 0 Å². The summed E-state index contributed by atoms with van der Waals surface area (Å²) in [6, 6.07) is 0.115. The lowest BCUT2D eigenvalue weighted by molar-refractivity contribution is -0.149. The average Bonchev–Trinajstić information content (AvgIpc) is 2.69. The topological polar surface area (TPSA) is 55.4 Å². The maximum Gasteiger partial charge on any atom is 0.309 e. The average molecular weight is 283 g/mol. The third kappa shape index (κ3) is 5.14. The molecule has 0 aromatic heterocycles. The fraction of sp³-hybridized carbons (Fsp3) is 0.875. The first-order chi connectivity index (χ1) is 9.26. The van der Waals surface area contributed by atoms with Crippen molar-refractivity contribution in [2.45, 2.75) is 66.3 Å². The molecule has 1 aliphatic rings. The van der Waals surface area contributed by atoms with Gasteiger partial charge in [-0.3, -0.25) is 9.59 Å². The van der Waals surface area contributed by atoms with E-state index in [1.807, 2.05) is 6.92 Å². The van der Waals surface area contributed by atoms with E-state index in [1.165, 1.54) is 0 Å². The molecule has 20 heavy (non-hydrogen) atoms. The molecule has 1 aliphatic carbocycles. The number of amides is 1.